The highest BCUT2D eigenvalue weighted by Gasteiger charge is 2.52. The van der Waals surface area contributed by atoms with E-state index in [1.54, 1.807) is 25.7 Å². The van der Waals surface area contributed by atoms with Crippen LogP contribution in [0.15, 0.2) is 24.3 Å². The Morgan fingerprint density at radius 1 is 1.00 bits per heavy atom. The fraction of sp³-hybridized carbons (Fsp3) is 0.655. The molecule has 0 aromatic heterocycles. The van der Waals surface area contributed by atoms with E-state index < -0.39 is 29.7 Å². The van der Waals surface area contributed by atoms with Crippen molar-refractivity contribution in [3.63, 3.8) is 0 Å². The Kier molecular flexibility index (Phi) is 7.48. The molecular weight excluding hydrogens is 498 g/mol. The number of hydrogen-bond donors (Lipinski definition) is 2. The van der Waals surface area contributed by atoms with Crippen molar-refractivity contribution in [2.24, 2.45) is 17.6 Å². The van der Waals surface area contributed by atoms with Crippen LogP contribution < -0.4 is 16.0 Å². The lowest BCUT2D eigenvalue weighted by atomic mass is 9.97. The predicted molar refractivity (Wildman–Crippen MR) is 146 cm³/mol. The Bertz CT molecular complexity index is 1100. The van der Waals surface area contributed by atoms with Crippen LogP contribution in [0.4, 0.5) is 10.5 Å². The van der Waals surface area contributed by atoms with Gasteiger partial charge in [0.25, 0.3) is 0 Å². The van der Waals surface area contributed by atoms with Gasteiger partial charge >= 0.3 is 6.09 Å². The van der Waals surface area contributed by atoms with Crippen molar-refractivity contribution >= 4 is 29.5 Å². The van der Waals surface area contributed by atoms with Crippen LogP contribution in [0.5, 0.6) is 0 Å². The van der Waals surface area contributed by atoms with Crippen molar-refractivity contribution in [3.8, 4) is 0 Å². The number of fused-ring (bicyclic) bond motifs is 2. The molecule has 2 heterocycles. The number of anilines is 1. The lowest BCUT2D eigenvalue weighted by Crippen LogP contribution is -2.57. The Morgan fingerprint density at radius 3 is 2.26 bits per heavy atom. The first-order chi connectivity index (χ1) is 18.5. The quantitative estimate of drug-likeness (QED) is 0.546. The minimum absolute atomic E-state index is 0.0196. The molecule has 1 aromatic carbocycles. The summed E-state index contributed by atoms with van der Waals surface area (Å²) in [5.41, 5.74) is 6.97. The predicted octanol–water partition coefficient (Wildman–Crippen LogP) is 2.05. The number of likely N-dealkylation sites (tertiary alicyclic amines) is 1. The zero-order valence-corrected chi connectivity index (χ0v) is 23.2. The van der Waals surface area contributed by atoms with E-state index >= 15 is 0 Å². The van der Waals surface area contributed by atoms with Gasteiger partial charge in [-0.25, -0.2) is 4.79 Å². The number of carbonyl (C=O) groups is 4. The Hall–Kier alpha value is -3.30. The van der Waals surface area contributed by atoms with Gasteiger partial charge in [0.1, 0.15) is 17.7 Å². The van der Waals surface area contributed by atoms with Gasteiger partial charge in [0.15, 0.2) is 0 Å². The standard InChI is InChI=1S/C29H41N5O5/c1-29(2,3)39-28(38)34-22-11-8-20(17-22)24(34)26(36)31-23(25(30)35)16-18-4-9-21(10-5-18)32-12-14-33(15-13-32)27(37)19-6-7-19/h4-5,9-10,19-20,22-24H,6-8,11-17H2,1-3H3,(H2,30,35)(H,31,36)/t20-,22+,23-,24-/m0/s1. The monoisotopic (exact) mass is 539 g/mol. The van der Waals surface area contributed by atoms with Crippen LogP contribution in [0, 0.1) is 11.8 Å². The van der Waals surface area contributed by atoms with Gasteiger partial charge in [-0.1, -0.05) is 12.1 Å². The third-order valence-corrected chi connectivity index (χ3v) is 8.38. The zero-order chi connectivity index (χ0) is 27.9. The number of hydrogen-bond acceptors (Lipinski definition) is 6. The summed E-state index contributed by atoms with van der Waals surface area (Å²) in [7, 11) is 0. The molecular formula is C29H41N5O5. The molecule has 10 nitrogen and oxygen atoms in total. The molecule has 212 valence electrons. The summed E-state index contributed by atoms with van der Waals surface area (Å²) < 4.78 is 5.59. The van der Waals surface area contributed by atoms with E-state index in [0.717, 1.165) is 69.5 Å². The molecule has 39 heavy (non-hydrogen) atoms. The van der Waals surface area contributed by atoms with Gasteiger partial charge in [-0.2, -0.15) is 0 Å². The second-order valence-electron chi connectivity index (χ2n) is 12.5. The average molecular weight is 540 g/mol. The summed E-state index contributed by atoms with van der Waals surface area (Å²) in [6.07, 6.45) is 4.31. The average Bonchev–Trinajstić information content (AvgIpc) is 3.54. The van der Waals surface area contributed by atoms with Crippen LogP contribution in [-0.2, 0) is 25.5 Å². The lowest BCUT2D eigenvalue weighted by molar-refractivity contribution is -0.132. The fourth-order valence-corrected chi connectivity index (χ4v) is 6.23. The molecule has 2 saturated heterocycles. The Labute approximate surface area is 230 Å². The highest BCUT2D eigenvalue weighted by atomic mass is 16.6. The summed E-state index contributed by atoms with van der Waals surface area (Å²) >= 11 is 0. The number of nitrogens with two attached hydrogens (primary N) is 1. The van der Waals surface area contributed by atoms with Gasteiger partial charge in [0.2, 0.25) is 17.7 Å². The maximum atomic E-state index is 13.4. The molecule has 4 aliphatic rings. The third-order valence-electron chi connectivity index (χ3n) is 8.38. The molecule has 2 aliphatic carbocycles. The van der Waals surface area contributed by atoms with Gasteiger partial charge in [0.05, 0.1) is 0 Å². The molecule has 1 aromatic rings. The normalized spacial score (nSPS) is 25.4. The van der Waals surface area contributed by atoms with E-state index in [1.807, 2.05) is 29.2 Å². The molecule has 4 atom stereocenters. The number of carbonyl (C=O) groups excluding carboxylic acids is 4. The number of nitrogens with one attached hydrogen (secondary N) is 1. The van der Waals surface area contributed by atoms with Crippen LogP contribution in [0.25, 0.3) is 0 Å². The summed E-state index contributed by atoms with van der Waals surface area (Å²) in [6, 6.07) is 6.34. The number of rotatable bonds is 7. The summed E-state index contributed by atoms with van der Waals surface area (Å²) in [4.78, 5) is 56.8. The molecule has 0 spiro atoms. The number of nitrogens with zero attached hydrogens (tertiary/aromatic N) is 3. The van der Waals surface area contributed by atoms with E-state index in [-0.39, 0.29) is 30.2 Å². The van der Waals surface area contributed by atoms with Crippen molar-refractivity contribution in [2.75, 3.05) is 31.1 Å². The lowest BCUT2D eigenvalue weighted by Gasteiger charge is -2.36. The topological polar surface area (TPSA) is 125 Å². The highest BCUT2D eigenvalue weighted by Crippen LogP contribution is 2.43. The van der Waals surface area contributed by atoms with Crippen LogP contribution in [-0.4, -0.2) is 83.5 Å². The maximum absolute atomic E-state index is 13.4. The van der Waals surface area contributed by atoms with E-state index in [4.69, 9.17) is 10.5 Å². The molecule has 0 unspecified atom stereocenters. The highest BCUT2D eigenvalue weighted by molar-refractivity contribution is 5.91. The van der Waals surface area contributed by atoms with Crippen LogP contribution in [0.2, 0.25) is 0 Å². The van der Waals surface area contributed by atoms with Crippen molar-refractivity contribution in [2.45, 2.75) is 83.0 Å². The van der Waals surface area contributed by atoms with Gasteiger partial charge < -0.3 is 25.6 Å². The number of piperazine rings is 1. The summed E-state index contributed by atoms with van der Waals surface area (Å²) in [6.45, 7) is 8.45. The minimum Gasteiger partial charge on any atom is -0.444 e. The largest absolute Gasteiger partial charge is 0.444 e. The molecule has 10 heteroatoms. The van der Waals surface area contributed by atoms with Gasteiger partial charge in [-0.05, 0) is 76.5 Å². The summed E-state index contributed by atoms with van der Waals surface area (Å²) in [5.74, 6) is -0.374. The van der Waals surface area contributed by atoms with Gasteiger partial charge in [-0.15, -0.1) is 0 Å². The number of benzene rings is 1. The Morgan fingerprint density at radius 2 is 1.67 bits per heavy atom. The van der Waals surface area contributed by atoms with Crippen LogP contribution in [0.3, 0.4) is 0 Å². The zero-order valence-electron chi connectivity index (χ0n) is 23.2. The molecule has 4 fully saturated rings. The van der Waals surface area contributed by atoms with E-state index in [9.17, 15) is 19.2 Å². The van der Waals surface area contributed by atoms with Crippen molar-refractivity contribution in [3.05, 3.63) is 29.8 Å². The summed E-state index contributed by atoms with van der Waals surface area (Å²) in [5, 5.41) is 2.84. The second-order valence-corrected chi connectivity index (χ2v) is 12.5. The SMILES string of the molecule is CC(C)(C)OC(=O)N1[C@@H]2CC[C@@H](C2)[C@H]1C(=O)N[C@@H](Cc1ccc(N2CCN(C(=O)C3CC3)CC2)cc1)C(N)=O. The first-order valence-corrected chi connectivity index (χ1v) is 14.2. The van der Waals surface area contributed by atoms with Gasteiger partial charge in [-0.3, -0.25) is 19.3 Å². The third kappa shape index (κ3) is 6.15. The van der Waals surface area contributed by atoms with E-state index in [0.29, 0.717) is 5.91 Å². The van der Waals surface area contributed by atoms with E-state index in [2.05, 4.69) is 10.2 Å². The number of ether oxygens (including phenoxy) is 1. The molecule has 2 bridgehead atoms. The number of primary amides is 1. The van der Waals surface area contributed by atoms with Crippen molar-refractivity contribution in [1.29, 1.82) is 0 Å². The molecule has 5 rings (SSSR count). The van der Waals surface area contributed by atoms with Crippen molar-refractivity contribution in [1.82, 2.24) is 15.1 Å². The molecule has 0 radical (unpaired) electrons. The maximum Gasteiger partial charge on any atom is 0.411 e. The number of amides is 4. The second kappa shape index (κ2) is 10.7. The molecule has 2 aliphatic heterocycles. The fourth-order valence-electron chi connectivity index (χ4n) is 6.23. The molecule has 3 N–H and O–H groups in total. The smallest absolute Gasteiger partial charge is 0.411 e. The minimum atomic E-state index is -0.889. The number of piperidine rings is 1. The molecule has 4 amide bonds. The Balaban J connectivity index is 1.19. The van der Waals surface area contributed by atoms with Crippen LogP contribution >= 0.6 is 0 Å². The first kappa shape index (κ1) is 27.3. The van der Waals surface area contributed by atoms with Crippen LogP contribution in [0.1, 0.15) is 58.4 Å². The molecule has 2 saturated carbocycles. The van der Waals surface area contributed by atoms with Gasteiger partial charge in [0, 0.05) is 50.2 Å². The first-order valence-electron chi connectivity index (χ1n) is 14.2. The van der Waals surface area contributed by atoms with Crippen molar-refractivity contribution < 1.29 is 23.9 Å². The van der Waals surface area contributed by atoms with E-state index in [1.165, 1.54) is 0 Å².